The van der Waals surface area contributed by atoms with Crippen LogP contribution in [-0.2, 0) is 7.05 Å². The highest BCUT2D eigenvalue weighted by atomic mass is 19.1. The van der Waals surface area contributed by atoms with Gasteiger partial charge in [-0.3, -0.25) is 15.3 Å². The Bertz CT molecular complexity index is 602. The topological polar surface area (TPSA) is 85.0 Å². The first kappa shape index (κ1) is 13.0. The van der Waals surface area contributed by atoms with Crippen molar-refractivity contribution in [3.05, 3.63) is 41.7 Å². The molecule has 0 unspecified atom stereocenters. The molecule has 1 aromatic carbocycles. The molecule has 2 aromatic rings. The average molecular weight is 267 g/mol. The predicted octanol–water partition coefficient (Wildman–Crippen LogP) is 1.24. The van der Waals surface area contributed by atoms with E-state index in [1.807, 2.05) is 5.43 Å². The first-order valence-electron chi connectivity index (χ1n) is 5.27. The van der Waals surface area contributed by atoms with Crippen LogP contribution < -0.4 is 16.6 Å². The summed E-state index contributed by atoms with van der Waals surface area (Å²) in [7, 11) is 1.68. The van der Waals surface area contributed by atoms with Gasteiger partial charge in [0, 0.05) is 18.8 Å². The number of amides is 1. The van der Waals surface area contributed by atoms with Crippen LogP contribution in [0.1, 0.15) is 10.4 Å². The number of nitrogens with zero attached hydrogens (tertiary/aromatic N) is 2. The van der Waals surface area contributed by atoms with Crippen LogP contribution in [0.5, 0.6) is 0 Å². The molecule has 0 fully saturated rings. The van der Waals surface area contributed by atoms with Crippen molar-refractivity contribution in [2.45, 2.75) is 0 Å². The first-order valence-corrected chi connectivity index (χ1v) is 5.27. The summed E-state index contributed by atoms with van der Waals surface area (Å²) in [6.45, 7) is 0. The van der Waals surface area contributed by atoms with Gasteiger partial charge in [0.05, 0.1) is 11.9 Å². The highest BCUT2D eigenvalue weighted by molar-refractivity contribution is 6.04. The lowest BCUT2D eigenvalue weighted by atomic mass is 10.1. The van der Waals surface area contributed by atoms with Crippen LogP contribution in [-0.4, -0.2) is 15.7 Å². The largest absolute Gasteiger partial charge is 0.319 e. The van der Waals surface area contributed by atoms with Gasteiger partial charge in [0.2, 0.25) is 0 Å². The lowest BCUT2D eigenvalue weighted by molar-refractivity contribution is 0.102. The molecule has 0 bridgehead atoms. The molecule has 8 heteroatoms. The molecule has 0 aliphatic rings. The SMILES string of the molecule is Cn1cc(NC(=O)c2cc(F)c(NN)c(F)c2)cn1. The highest BCUT2D eigenvalue weighted by Gasteiger charge is 2.15. The Hall–Kier alpha value is -2.48. The average Bonchev–Trinajstić information content (AvgIpc) is 2.74. The van der Waals surface area contributed by atoms with Crippen molar-refractivity contribution in [1.82, 2.24) is 9.78 Å². The van der Waals surface area contributed by atoms with Gasteiger partial charge in [-0.1, -0.05) is 0 Å². The number of anilines is 2. The molecular formula is C11H11F2N5O. The van der Waals surface area contributed by atoms with E-state index in [0.29, 0.717) is 5.69 Å². The third-order valence-corrected chi connectivity index (χ3v) is 2.41. The predicted molar refractivity (Wildman–Crippen MR) is 65.3 cm³/mol. The van der Waals surface area contributed by atoms with Gasteiger partial charge in [-0.25, -0.2) is 8.78 Å². The Kier molecular flexibility index (Phi) is 3.43. The number of hydrogen-bond acceptors (Lipinski definition) is 4. The monoisotopic (exact) mass is 267 g/mol. The summed E-state index contributed by atoms with van der Waals surface area (Å²) in [5, 5.41) is 6.32. The third-order valence-electron chi connectivity index (χ3n) is 2.41. The van der Waals surface area contributed by atoms with E-state index in [1.54, 1.807) is 13.2 Å². The number of hydrogen-bond donors (Lipinski definition) is 3. The number of hydrazine groups is 1. The molecule has 19 heavy (non-hydrogen) atoms. The molecule has 0 saturated carbocycles. The standard InChI is InChI=1S/C11H11F2N5O/c1-18-5-7(4-15-18)16-11(19)6-2-8(12)10(17-14)9(13)3-6/h2-5,17H,14H2,1H3,(H,16,19). The summed E-state index contributed by atoms with van der Waals surface area (Å²) >= 11 is 0. The molecule has 6 nitrogen and oxygen atoms in total. The van der Waals surface area contributed by atoms with Gasteiger partial charge in [0.25, 0.3) is 5.91 Å². The minimum Gasteiger partial charge on any atom is -0.319 e. The van der Waals surface area contributed by atoms with Crippen LogP contribution in [0.25, 0.3) is 0 Å². The Morgan fingerprint density at radius 2 is 2.00 bits per heavy atom. The van der Waals surface area contributed by atoms with Crippen molar-refractivity contribution >= 4 is 17.3 Å². The molecule has 0 atom stereocenters. The highest BCUT2D eigenvalue weighted by Crippen LogP contribution is 2.20. The van der Waals surface area contributed by atoms with E-state index in [4.69, 9.17) is 5.84 Å². The second kappa shape index (κ2) is 5.02. The van der Waals surface area contributed by atoms with Crippen LogP contribution in [0.2, 0.25) is 0 Å². The maximum atomic E-state index is 13.4. The van der Waals surface area contributed by atoms with Crippen molar-refractivity contribution in [3.8, 4) is 0 Å². The number of rotatable bonds is 3. The van der Waals surface area contributed by atoms with Crippen molar-refractivity contribution < 1.29 is 13.6 Å². The third kappa shape index (κ3) is 2.68. The summed E-state index contributed by atoms with van der Waals surface area (Å²) in [6, 6.07) is 1.79. The lowest BCUT2D eigenvalue weighted by Gasteiger charge is -2.07. The zero-order valence-corrected chi connectivity index (χ0v) is 9.95. The molecule has 0 spiro atoms. The van der Waals surface area contributed by atoms with Gasteiger partial charge in [0.15, 0.2) is 11.6 Å². The number of aromatic nitrogens is 2. The normalized spacial score (nSPS) is 10.3. The van der Waals surface area contributed by atoms with E-state index < -0.39 is 23.2 Å². The lowest BCUT2D eigenvalue weighted by Crippen LogP contribution is -2.15. The molecule has 1 heterocycles. The maximum absolute atomic E-state index is 13.4. The Labute approximate surface area is 107 Å². The van der Waals surface area contributed by atoms with E-state index in [0.717, 1.165) is 12.1 Å². The summed E-state index contributed by atoms with van der Waals surface area (Å²) in [6.07, 6.45) is 2.97. The second-order valence-corrected chi connectivity index (χ2v) is 3.82. The van der Waals surface area contributed by atoms with Gasteiger partial charge in [-0.2, -0.15) is 5.10 Å². The van der Waals surface area contributed by atoms with E-state index in [9.17, 15) is 13.6 Å². The van der Waals surface area contributed by atoms with Gasteiger partial charge in [-0.15, -0.1) is 0 Å². The second-order valence-electron chi connectivity index (χ2n) is 3.82. The van der Waals surface area contributed by atoms with Crippen LogP contribution in [0, 0.1) is 11.6 Å². The van der Waals surface area contributed by atoms with Crippen molar-refractivity contribution in [2.24, 2.45) is 12.9 Å². The van der Waals surface area contributed by atoms with Crippen LogP contribution >= 0.6 is 0 Å². The summed E-state index contributed by atoms with van der Waals surface area (Å²) in [4.78, 5) is 11.8. The molecule has 1 amide bonds. The van der Waals surface area contributed by atoms with Gasteiger partial charge in [0.1, 0.15) is 5.69 Å². The number of carbonyl (C=O) groups is 1. The Balaban J connectivity index is 2.24. The molecule has 0 radical (unpaired) electrons. The minimum atomic E-state index is -0.946. The molecule has 0 saturated heterocycles. The van der Waals surface area contributed by atoms with E-state index in [2.05, 4.69) is 10.4 Å². The molecule has 1 aromatic heterocycles. The van der Waals surface area contributed by atoms with Gasteiger partial charge in [-0.05, 0) is 12.1 Å². The fraction of sp³-hybridized carbons (Fsp3) is 0.0909. The fourth-order valence-corrected chi connectivity index (χ4v) is 1.53. The molecule has 0 aliphatic carbocycles. The van der Waals surface area contributed by atoms with Crippen LogP contribution in [0.4, 0.5) is 20.2 Å². The first-order chi connectivity index (χ1) is 9.01. The number of nitrogen functional groups attached to an aromatic ring is 1. The zero-order valence-electron chi connectivity index (χ0n) is 9.95. The number of aryl methyl sites for hydroxylation is 1. The van der Waals surface area contributed by atoms with Crippen molar-refractivity contribution in [2.75, 3.05) is 10.7 Å². The molecule has 0 aliphatic heterocycles. The molecule has 4 N–H and O–H groups in total. The summed E-state index contributed by atoms with van der Waals surface area (Å²) in [5.74, 6) is 2.43. The van der Waals surface area contributed by atoms with Gasteiger partial charge >= 0.3 is 0 Å². The quantitative estimate of drug-likeness (QED) is 0.577. The molecule has 100 valence electrons. The Morgan fingerprint density at radius 1 is 1.37 bits per heavy atom. The van der Waals surface area contributed by atoms with Crippen LogP contribution in [0.15, 0.2) is 24.5 Å². The number of nitrogens with two attached hydrogens (primary N) is 1. The Morgan fingerprint density at radius 3 is 2.47 bits per heavy atom. The number of carbonyl (C=O) groups excluding carboxylic acids is 1. The zero-order chi connectivity index (χ0) is 14.0. The number of nitrogens with one attached hydrogen (secondary N) is 2. The minimum absolute atomic E-state index is 0.155. The maximum Gasteiger partial charge on any atom is 0.255 e. The van der Waals surface area contributed by atoms with Crippen LogP contribution in [0.3, 0.4) is 0 Å². The van der Waals surface area contributed by atoms with E-state index >= 15 is 0 Å². The number of benzene rings is 1. The smallest absolute Gasteiger partial charge is 0.255 e. The summed E-state index contributed by atoms with van der Waals surface area (Å²) < 4.78 is 28.4. The van der Waals surface area contributed by atoms with Crippen molar-refractivity contribution in [3.63, 3.8) is 0 Å². The van der Waals surface area contributed by atoms with Gasteiger partial charge < -0.3 is 10.7 Å². The van der Waals surface area contributed by atoms with Crippen molar-refractivity contribution in [1.29, 1.82) is 0 Å². The molecule has 2 rings (SSSR count). The van der Waals surface area contributed by atoms with E-state index in [-0.39, 0.29) is 5.56 Å². The molecular weight excluding hydrogens is 256 g/mol. The van der Waals surface area contributed by atoms with E-state index in [1.165, 1.54) is 10.9 Å². The fourth-order valence-electron chi connectivity index (χ4n) is 1.53. The number of halogens is 2. The summed E-state index contributed by atoms with van der Waals surface area (Å²) in [5.41, 5.74) is 1.67.